The van der Waals surface area contributed by atoms with Gasteiger partial charge >= 0.3 is 6.18 Å². The molecule has 0 radical (unpaired) electrons. The minimum Gasteiger partial charge on any atom is -0.496 e. The van der Waals surface area contributed by atoms with Gasteiger partial charge in [-0.1, -0.05) is 6.07 Å². The van der Waals surface area contributed by atoms with Crippen molar-refractivity contribution in [2.75, 3.05) is 44.4 Å². The summed E-state index contributed by atoms with van der Waals surface area (Å²) in [6.07, 6.45) is -3.82. The van der Waals surface area contributed by atoms with Crippen molar-refractivity contribution >= 4 is 21.6 Å². The van der Waals surface area contributed by atoms with Crippen LogP contribution in [0.5, 0.6) is 5.75 Å². The maximum absolute atomic E-state index is 13.4. The average Bonchev–Trinajstić information content (AvgIpc) is 3.07. The van der Waals surface area contributed by atoms with E-state index in [0.29, 0.717) is 26.2 Å². The third-order valence-corrected chi connectivity index (χ3v) is 6.43. The monoisotopic (exact) mass is 503 g/mol. The number of rotatable bonds is 7. The Labute approximate surface area is 196 Å². The molecule has 0 aliphatic carbocycles. The zero-order valence-electron chi connectivity index (χ0n) is 19.4. The molecule has 0 bridgehead atoms. The predicted molar refractivity (Wildman–Crippen MR) is 120 cm³/mol. The van der Waals surface area contributed by atoms with Gasteiger partial charge in [0.15, 0.2) is 5.69 Å². The van der Waals surface area contributed by atoms with Crippen LogP contribution in [0.15, 0.2) is 18.2 Å². The average molecular weight is 504 g/mol. The Hall–Kier alpha value is -2.80. The van der Waals surface area contributed by atoms with Crippen LogP contribution in [0.4, 0.5) is 18.9 Å². The topological polar surface area (TPSA) is 96.8 Å². The number of methoxy groups -OCH3 is 1. The lowest BCUT2D eigenvalue weighted by molar-refractivity contribution is -0.142. The molecular weight excluding hydrogens is 475 g/mol. The van der Waals surface area contributed by atoms with Crippen LogP contribution in [0.3, 0.4) is 0 Å². The molecule has 0 spiro atoms. The van der Waals surface area contributed by atoms with Gasteiger partial charge in [0.2, 0.25) is 15.9 Å². The third-order valence-electron chi connectivity index (χ3n) is 5.76. The van der Waals surface area contributed by atoms with Gasteiger partial charge < -0.3 is 14.5 Å². The molecule has 1 aromatic carbocycles. The largest absolute Gasteiger partial charge is 0.496 e. The number of benzene rings is 1. The van der Waals surface area contributed by atoms with Crippen molar-refractivity contribution < 1.29 is 31.1 Å². The first-order chi connectivity index (χ1) is 15.8. The highest BCUT2D eigenvalue weighted by molar-refractivity contribution is 7.88. The van der Waals surface area contributed by atoms with Crippen molar-refractivity contribution in [3.63, 3.8) is 0 Å². The van der Waals surface area contributed by atoms with E-state index in [1.54, 1.807) is 12.0 Å². The number of piperazine rings is 1. The Morgan fingerprint density at radius 3 is 2.38 bits per heavy atom. The molecule has 0 unspecified atom stereocenters. The van der Waals surface area contributed by atoms with Crippen molar-refractivity contribution in [2.24, 2.45) is 0 Å². The van der Waals surface area contributed by atoms with E-state index in [9.17, 15) is 26.4 Å². The van der Waals surface area contributed by atoms with Gasteiger partial charge in [0.1, 0.15) is 12.3 Å². The minimum atomic E-state index is -4.72. The summed E-state index contributed by atoms with van der Waals surface area (Å²) in [6.45, 7) is 4.21. The molecule has 1 fully saturated rings. The summed E-state index contributed by atoms with van der Waals surface area (Å²) in [5, 5.41) is 3.59. The van der Waals surface area contributed by atoms with Gasteiger partial charge in [-0.15, -0.1) is 0 Å². The summed E-state index contributed by atoms with van der Waals surface area (Å²) < 4.78 is 71.5. The highest BCUT2D eigenvalue weighted by Crippen LogP contribution is 2.32. The summed E-state index contributed by atoms with van der Waals surface area (Å²) in [4.78, 5) is 16.6. The lowest BCUT2D eigenvalue weighted by Gasteiger charge is -2.36. The third kappa shape index (κ3) is 6.00. The number of nitrogens with zero attached hydrogens (tertiary/aromatic N) is 4. The fourth-order valence-electron chi connectivity index (χ4n) is 3.86. The molecule has 0 saturated carbocycles. The molecule has 2 aromatic rings. The zero-order chi connectivity index (χ0) is 25.3. The molecule has 34 heavy (non-hydrogen) atoms. The number of aryl methyl sites for hydroxylation is 1. The second-order valence-electron chi connectivity index (χ2n) is 8.19. The maximum atomic E-state index is 13.4. The summed E-state index contributed by atoms with van der Waals surface area (Å²) in [5.74, 6) is 0.374. The van der Waals surface area contributed by atoms with Gasteiger partial charge in [0.25, 0.3) is 0 Å². The molecule has 9 nitrogen and oxygen atoms in total. The predicted octanol–water partition coefficient (Wildman–Crippen LogP) is 1.93. The van der Waals surface area contributed by atoms with Crippen molar-refractivity contribution in [2.45, 2.75) is 33.1 Å². The molecule has 1 aliphatic heterocycles. The van der Waals surface area contributed by atoms with E-state index in [0.717, 1.165) is 27.9 Å². The summed E-state index contributed by atoms with van der Waals surface area (Å²) in [5.41, 5.74) is 0.616. The zero-order valence-corrected chi connectivity index (χ0v) is 20.3. The number of halogens is 3. The van der Waals surface area contributed by atoms with Crippen LogP contribution in [0.2, 0.25) is 0 Å². The first-order valence-electron chi connectivity index (χ1n) is 10.6. The molecule has 188 valence electrons. The van der Waals surface area contributed by atoms with Crippen LogP contribution in [0.25, 0.3) is 0 Å². The molecule has 0 atom stereocenters. The quantitative estimate of drug-likeness (QED) is 0.620. The number of anilines is 1. The lowest BCUT2D eigenvalue weighted by atomic mass is 10.1. The molecule has 1 N–H and O–H groups in total. The number of ether oxygens (including phenoxy) is 1. The summed E-state index contributed by atoms with van der Waals surface area (Å²) in [6, 6.07) is 5.86. The fourth-order valence-corrected chi connectivity index (χ4v) is 4.26. The normalized spacial score (nSPS) is 15.0. The number of amides is 1. The van der Waals surface area contributed by atoms with E-state index in [1.165, 1.54) is 6.92 Å². The van der Waals surface area contributed by atoms with Gasteiger partial charge in [0, 0.05) is 43.5 Å². The number of carbonyl (C=O) groups is 1. The fraction of sp³-hybridized carbons (Fsp3) is 0.524. The smallest absolute Gasteiger partial charge is 0.435 e. The van der Waals surface area contributed by atoms with E-state index in [4.69, 9.17) is 4.74 Å². The number of aromatic nitrogens is 2. The number of hydrogen-bond donors (Lipinski definition) is 1. The molecule has 13 heteroatoms. The Morgan fingerprint density at radius 2 is 1.82 bits per heavy atom. The summed E-state index contributed by atoms with van der Waals surface area (Å²) in [7, 11) is -2.05. The lowest BCUT2D eigenvalue weighted by Crippen LogP contribution is -2.49. The molecule has 2 heterocycles. The number of alkyl halides is 3. The standard InChI is InChI=1S/C21H28F3N5O4S/c1-14-5-6-16(11-18(14)33-3)27-7-9-28(10-8-27)19(30)13-29-17(12-25-34(4,31)32)15(2)20(26-29)21(22,23)24/h5-6,11,25H,7-10,12-13H2,1-4H3. The van der Waals surface area contributed by atoms with Crippen LogP contribution in [-0.4, -0.2) is 68.5 Å². The number of hydrogen-bond acceptors (Lipinski definition) is 6. The highest BCUT2D eigenvalue weighted by atomic mass is 32.2. The number of nitrogens with one attached hydrogen (secondary N) is 1. The van der Waals surface area contributed by atoms with Crippen LogP contribution in [-0.2, 0) is 34.1 Å². The second kappa shape index (κ2) is 9.82. The molecular formula is C21H28F3N5O4S. The first-order valence-corrected chi connectivity index (χ1v) is 12.4. The maximum Gasteiger partial charge on any atom is 0.435 e. The van der Waals surface area contributed by atoms with Gasteiger partial charge in [0.05, 0.1) is 25.6 Å². The van der Waals surface area contributed by atoms with Gasteiger partial charge in [-0.25, -0.2) is 13.1 Å². The molecule has 3 rings (SSSR count). The Bertz CT molecular complexity index is 1160. The molecule has 1 saturated heterocycles. The van der Waals surface area contributed by atoms with Gasteiger partial charge in [-0.2, -0.15) is 18.3 Å². The number of sulfonamides is 1. The van der Waals surface area contributed by atoms with Crippen LogP contribution in [0.1, 0.15) is 22.5 Å². The molecule has 1 amide bonds. The van der Waals surface area contributed by atoms with Crippen LogP contribution < -0.4 is 14.4 Å². The van der Waals surface area contributed by atoms with Crippen molar-refractivity contribution in [3.8, 4) is 5.75 Å². The molecule has 1 aliphatic rings. The Balaban J connectivity index is 1.72. The first kappa shape index (κ1) is 25.8. The van der Waals surface area contributed by atoms with Crippen LogP contribution in [0, 0.1) is 13.8 Å². The number of carbonyl (C=O) groups excluding carboxylic acids is 1. The van der Waals surface area contributed by atoms with Crippen molar-refractivity contribution in [3.05, 3.63) is 40.7 Å². The van der Waals surface area contributed by atoms with Crippen molar-refractivity contribution in [1.29, 1.82) is 0 Å². The minimum absolute atomic E-state index is 0.00325. The second-order valence-corrected chi connectivity index (χ2v) is 10.0. The molecule has 1 aromatic heterocycles. The van der Waals surface area contributed by atoms with Gasteiger partial charge in [-0.3, -0.25) is 9.48 Å². The highest BCUT2D eigenvalue weighted by Gasteiger charge is 2.38. The van der Waals surface area contributed by atoms with Crippen molar-refractivity contribution in [1.82, 2.24) is 19.4 Å². The van der Waals surface area contributed by atoms with E-state index in [-0.39, 0.29) is 11.3 Å². The van der Waals surface area contributed by atoms with E-state index < -0.39 is 40.9 Å². The SMILES string of the molecule is COc1cc(N2CCN(C(=O)Cn3nc(C(F)(F)F)c(C)c3CNS(C)(=O)=O)CC2)ccc1C. The Morgan fingerprint density at radius 1 is 1.18 bits per heavy atom. The van der Waals surface area contributed by atoms with Crippen LogP contribution >= 0.6 is 0 Å². The Kier molecular flexibility index (Phi) is 7.46. The summed E-state index contributed by atoms with van der Waals surface area (Å²) >= 11 is 0. The van der Waals surface area contributed by atoms with E-state index in [1.807, 2.05) is 25.1 Å². The van der Waals surface area contributed by atoms with E-state index in [2.05, 4.69) is 14.7 Å². The van der Waals surface area contributed by atoms with E-state index >= 15 is 0 Å². The van der Waals surface area contributed by atoms with Gasteiger partial charge in [-0.05, 0) is 25.5 Å².